The van der Waals surface area contributed by atoms with Crippen molar-refractivity contribution < 1.29 is 13.9 Å². The van der Waals surface area contributed by atoms with Crippen molar-refractivity contribution in [3.63, 3.8) is 0 Å². The molecule has 0 N–H and O–H groups in total. The molecule has 0 bridgehead atoms. The number of carbonyl (C=O) groups excluding carboxylic acids is 1. The van der Waals surface area contributed by atoms with Crippen LogP contribution >= 0.6 is 0 Å². The summed E-state index contributed by atoms with van der Waals surface area (Å²) in [6, 6.07) is 1.32. The van der Waals surface area contributed by atoms with Crippen molar-refractivity contribution in [1.82, 2.24) is 4.98 Å². The van der Waals surface area contributed by atoms with E-state index in [9.17, 15) is 9.18 Å². The van der Waals surface area contributed by atoms with Gasteiger partial charge in [0, 0.05) is 6.20 Å². The van der Waals surface area contributed by atoms with Crippen molar-refractivity contribution in [1.29, 1.82) is 0 Å². The summed E-state index contributed by atoms with van der Waals surface area (Å²) < 4.78 is 17.9. The molecule has 0 atom stereocenters. The number of pyridine rings is 1. The first-order valence-corrected chi connectivity index (χ1v) is 4.54. The number of esters is 1. The van der Waals surface area contributed by atoms with Crippen molar-refractivity contribution in [2.75, 3.05) is 6.61 Å². The maximum atomic E-state index is 13.0. The van der Waals surface area contributed by atoms with E-state index in [2.05, 4.69) is 4.98 Å². The molecular formula is C10H10FNO2. The minimum atomic E-state index is -0.631. The maximum absolute atomic E-state index is 13.0. The Balaban J connectivity index is 1.98. The van der Waals surface area contributed by atoms with E-state index < -0.39 is 11.8 Å². The fourth-order valence-electron chi connectivity index (χ4n) is 1.10. The monoisotopic (exact) mass is 195 g/mol. The van der Waals surface area contributed by atoms with Crippen LogP contribution in [0.5, 0.6) is 0 Å². The Hall–Kier alpha value is -1.45. The fraction of sp³-hybridized carbons (Fsp3) is 0.400. The van der Waals surface area contributed by atoms with Gasteiger partial charge in [-0.25, -0.2) is 9.18 Å². The second-order valence-corrected chi connectivity index (χ2v) is 3.40. The zero-order valence-corrected chi connectivity index (χ0v) is 7.57. The molecule has 0 amide bonds. The van der Waals surface area contributed by atoms with Gasteiger partial charge in [0.25, 0.3) is 0 Å². The lowest BCUT2D eigenvalue weighted by molar-refractivity contribution is 0.0480. The highest BCUT2D eigenvalue weighted by atomic mass is 19.1. The fourth-order valence-corrected chi connectivity index (χ4v) is 1.10. The van der Waals surface area contributed by atoms with E-state index in [4.69, 9.17) is 4.74 Å². The molecule has 14 heavy (non-hydrogen) atoms. The van der Waals surface area contributed by atoms with Crippen LogP contribution in [0.15, 0.2) is 18.5 Å². The Morgan fingerprint density at radius 2 is 2.43 bits per heavy atom. The SMILES string of the molecule is O=C(OCC1CC1)c1ccncc1F. The molecule has 3 nitrogen and oxygen atoms in total. The van der Waals surface area contributed by atoms with Crippen LogP contribution in [-0.2, 0) is 4.74 Å². The van der Waals surface area contributed by atoms with Gasteiger partial charge in [0.05, 0.1) is 18.4 Å². The number of nitrogens with zero attached hydrogens (tertiary/aromatic N) is 1. The summed E-state index contributed by atoms with van der Waals surface area (Å²) in [6.07, 6.45) is 4.59. The molecule has 1 aromatic heterocycles. The molecule has 1 fully saturated rings. The minimum Gasteiger partial charge on any atom is -0.462 e. The van der Waals surface area contributed by atoms with E-state index in [-0.39, 0.29) is 5.56 Å². The Kier molecular flexibility index (Phi) is 2.43. The highest BCUT2D eigenvalue weighted by Crippen LogP contribution is 2.29. The van der Waals surface area contributed by atoms with Crippen LogP contribution in [0.25, 0.3) is 0 Å². The standard InChI is InChI=1S/C10H10FNO2/c11-9-5-12-4-3-8(9)10(13)14-6-7-1-2-7/h3-5,7H,1-2,6H2. The largest absolute Gasteiger partial charge is 0.462 e. The van der Waals surface area contributed by atoms with E-state index in [1.54, 1.807) is 0 Å². The molecule has 0 aliphatic heterocycles. The molecule has 0 saturated heterocycles. The molecule has 2 rings (SSSR count). The van der Waals surface area contributed by atoms with Gasteiger partial charge >= 0.3 is 5.97 Å². The summed E-state index contributed by atoms with van der Waals surface area (Å²) in [7, 11) is 0. The molecule has 74 valence electrons. The average molecular weight is 195 g/mol. The third kappa shape index (κ3) is 2.07. The predicted octanol–water partition coefficient (Wildman–Crippen LogP) is 1.79. The Morgan fingerprint density at radius 1 is 1.64 bits per heavy atom. The van der Waals surface area contributed by atoms with E-state index in [1.165, 1.54) is 12.3 Å². The second kappa shape index (κ2) is 3.74. The van der Waals surface area contributed by atoms with E-state index >= 15 is 0 Å². The van der Waals surface area contributed by atoms with Gasteiger partial charge in [0.15, 0.2) is 5.82 Å². The molecule has 4 heteroatoms. The zero-order valence-electron chi connectivity index (χ0n) is 7.57. The van der Waals surface area contributed by atoms with Crippen molar-refractivity contribution in [2.45, 2.75) is 12.8 Å². The van der Waals surface area contributed by atoms with Gasteiger partial charge in [0.1, 0.15) is 0 Å². The molecule has 1 heterocycles. The zero-order chi connectivity index (χ0) is 9.97. The predicted molar refractivity (Wildman–Crippen MR) is 47.2 cm³/mol. The minimum absolute atomic E-state index is 0.0411. The first-order chi connectivity index (χ1) is 6.77. The van der Waals surface area contributed by atoms with Crippen LogP contribution < -0.4 is 0 Å². The smallest absolute Gasteiger partial charge is 0.341 e. The first kappa shape index (κ1) is 9.12. The molecule has 1 aliphatic carbocycles. The molecule has 1 aromatic rings. The number of ether oxygens (including phenoxy) is 1. The van der Waals surface area contributed by atoms with Gasteiger partial charge in [-0.2, -0.15) is 0 Å². The van der Waals surface area contributed by atoms with E-state index in [0.717, 1.165) is 19.0 Å². The van der Waals surface area contributed by atoms with E-state index in [1.807, 2.05) is 0 Å². The molecule has 1 aliphatic rings. The lowest BCUT2D eigenvalue weighted by Gasteiger charge is -2.03. The van der Waals surface area contributed by atoms with Gasteiger partial charge in [-0.15, -0.1) is 0 Å². The lowest BCUT2D eigenvalue weighted by Crippen LogP contribution is -2.09. The van der Waals surface area contributed by atoms with Gasteiger partial charge in [-0.05, 0) is 24.8 Å². The van der Waals surface area contributed by atoms with E-state index in [0.29, 0.717) is 12.5 Å². The average Bonchev–Trinajstić information content (AvgIpc) is 2.98. The first-order valence-electron chi connectivity index (χ1n) is 4.54. The number of hydrogen-bond acceptors (Lipinski definition) is 3. The van der Waals surface area contributed by atoms with Crippen LogP contribution in [0.3, 0.4) is 0 Å². The summed E-state index contributed by atoms with van der Waals surface area (Å²) in [5, 5.41) is 0. The van der Waals surface area contributed by atoms with Crippen LogP contribution in [0, 0.1) is 11.7 Å². The molecular weight excluding hydrogens is 185 g/mol. The summed E-state index contributed by atoms with van der Waals surface area (Å²) in [5.74, 6) is -0.742. The Bertz CT molecular complexity index is 350. The number of hydrogen-bond donors (Lipinski definition) is 0. The molecule has 0 aromatic carbocycles. The van der Waals surface area contributed by atoms with Crippen LogP contribution in [0.4, 0.5) is 4.39 Å². The molecule has 1 saturated carbocycles. The Morgan fingerprint density at radius 3 is 3.07 bits per heavy atom. The summed E-state index contributed by atoms with van der Waals surface area (Å²) in [6.45, 7) is 0.403. The third-order valence-electron chi connectivity index (χ3n) is 2.14. The Labute approximate surface area is 80.9 Å². The van der Waals surface area contributed by atoms with Crippen LogP contribution in [-0.4, -0.2) is 17.6 Å². The highest BCUT2D eigenvalue weighted by molar-refractivity contribution is 5.89. The summed E-state index contributed by atoms with van der Waals surface area (Å²) >= 11 is 0. The van der Waals surface area contributed by atoms with Gasteiger partial charge in [0.2, 0.25) is 0 Å². The number of aromatic nitrogens is 1. The molecule has 0 unspecified atom stereocenters. The number of carbonyl (C=O) groups is 1. The number of rotatable bonds is 3. The number of halogens is 1. The third-order valence-corrected chi connectivity index (χ3v) is 2.14. The lowest BCUT2D eigenvalue weighted by atomic mass is 10.2. The molecule has 0 radical (unpaired) electrons. The van der Waals surface area contributed by atoms with Crippen molar-refractivity contribution in [2.24, 2.45) is 5.92 Å². The quantitative estimate of drug-likeness (QED) is 0.690. The summed E-state index contributed by atoms with van der Waals surface area (Å²) in [4.78, 5) is 14.9. The second-order valence-electron chi connectivity index (χ2n) is 3.40. The normalized spacial score (nSPS) is 15.2. The van der Waals surface area contributed by atoms with Gasteiger partial charge in [-0.3, -0.25) is 4.98 Å². The van der Waals surface area contributed by atoms with Crippen molar-refractivity contribution in [3.05, 3.63) is 29.8 Å². The topological polar surface area (TPSA) is 39.2 Å². The van der Waals surface area contributed by atoms with Crippen molar-refractivity contribution in [3.8, 4) is 0 Å². The molecule has 0 spiro atoms. The van der Waals surface area contributed by atoms with Crippen LogP contribution in [0.1, 0.15) is 23.2 Å². The van der Waals surface area contributed by atoms with Crippen LogP contribution in [0.2, 0.25) is 0 Å². The van der Waals surface area contributed by atoms with Crippen molar-refractivity contribution >= 4 is 5.97 Å². The maximum Gasteiger partial charge on any atom is 0.341 e. The summed E-state index contributed by atoms with van der Waals surface area (Å²) in [5.41, 5.74) is -0.0411. The van der Waals surface area contributed by atoms with Gasteiger partial charge in [-0.1, -0.05) is 0 Å². The highest BCUT2D eigenvalue weighted by Gasteiger charge is 2.24. The van der Waals surface area contributed by atoms with Gasteiger partial charge < -0.3 is 4.74 Å².